The molecule has 2 heterocycles. The average Bonchev–Trinajstić information content (AvgIpc) is 2.89. The molecule has 0 spiro atoms. The predicted molar refractivity (Wildman–Crippen MR) is 87.8 cm³/mol. The minimum absolute atomic E-state index is 0.534. The van der Waals surface area contributed by atoms with Gasteiger partial charge in [0.1, 0.15) is 10.7 Å². The van der Waals surface area contributed by atoms with Crippen LogP contribution in [0, 0.1) is 0 Å². The summed E-state index contributed by atoms with van der Waals surface area (Å²) < 4.78 is 0.969. The zero-order valence-electron chi connectivity index (χ0n) is 11.1. The first-order chi connectivity index (χ1) is 9.72. The van der Waals surface area contributed by atoms with Crippen LogP contribution in [-0.4, -0.2) is 9.97 Å². The number of aromatic nitrogens is 2. The van der Waals surface area contributed by atoms with Gasteiger partial charge in [-0.15, -0.1) is 11.3 Å². The first kappa shape index (κ1) is 13.7. The van der Waals surface area contributed by atoms with Crippen molar-refractivity contribution in [3.63, 3.8) is 0 Å². The monoisotopic (exact) mass is 347 g/mol. The van der Waals surface area contributed by atoms with E-state index in [1.807, 2.05) is 18.2 Å². The molecular formula is C15H14BrN3S. The second-order valence-corrected chi connectivity index (χ2v) is 6.40. The molecule has 1 aromatic carbocycles. The SMILES string of the molecule is CCc1nc(-c2nc3ccccc3cc2Br)sc1CN. The number of aryl methyl sites for hydroxylation is 1. The number of benzene rings is 1. The van der Waals surface area contributed by atoms with Crippen molar-refractivity contribution in [2.45, 2.75) is 19.9 Å². The molecule has 2 aromatic heterocycles. The van der Waals surface area contributed by atoms with Crippen LogP contribution in [0.15, 0.2) is 34.8 Å². The molecule has 0 saturated heterocycles. The van der Waals surface area contributed by atoms with Gasteiger partial charge < -0.3 is 5.73 Å². The van der Waals surface area contributed by atoms with Gasteiger partial charge in [-0.3, -0.25) is 0 Å². The van der Waals surface area contributed by atoms with Crippen LogP contribution in [0.25, 0.3) is 21.6 Å². The van der Waals surface area contributed by atoms with Crippen molar-refractivity contribution in [3.05, 3.63) is 45.4 Å². The van der Waals surface area contributed by atoms with E-state index in [-0.39, 0.29) is 0 Å². The summed E-state index contributed by atoms with van der Waals surface area (Å²) in [7, 11) is 0. The Morgan fingerprint density at radius 1 is 1.25 bits per heavy atom. The predicted octanol–water partition coefficient (Wildman–Crippen LogP) is 4.14. The van der Waals surface area contributed by atoms with Crippen LogP contribution in [0.1, 0.15) is 17.5 Å². The summed E-state index contributed by atoms with van der Waals surface area (Å²) in [5, 5.41) is 2.05. The Morgan fingerprint density at radius 3 is 2.75 bits per heavy atom. The minimum atomic E-state index is 0.534. The van der Waals surface area contributed by atoms with Gasteiger partial charge in [0.2, 0.25) is 0 Å². The van der Waals surface area contributed by atoms with Crippen molar-refractivity contribution in [2.75, 3.05) is 0 Å². The summed E-state index contributed by atoms with van der Waals surface area (Å²) in [6.07, 6.45) is 0.897. The topological polar surface area (TPSA) is 51.8 Å². The molecule has 0 atom stereocenters. The Morgan fingerprint density at radius 2 is 2.05 bits per heavy atom. The number of thiazole rings is 1. The highest BCUT2D eigenvalue weighted by Gasteiger charge is 2.14. The van der Waals surface area contributed by atoms with Gasteiger partial charge in [0, 0.05) is 21.3 Å². The summed E-state index contributed by atoms with van der Waals surface area (Å²) >= 11 is 5.24. The number of fused-ring (bicyclic) bond motifs is 1. The van der Waals surface area contributed by atoms with Gasteiger partial charge in [-0.25, -0.2) is 9.97 Å². The summed E-state index contributed by atoms with van der Waals surface area (Å²) in [6, 6.07) is 10.2. The lowest BCUT2D eigenvalue weighted by Crippen LogP contribution is -1.96. The minimum Gasteiger partial charge on any atom is -0.326 e. The molecular weight excluding hydrogens is 334 g/mol. The molecule has 0 saturated carbocycles. The molecule has 3 aromatic rings. The molecule has 0 radical (unpaired) electrons. The van der Waals surface area contributed by atoms with Crippen molar-refractivity contribution in [3.8, 4) is 10.7 Å². The molecule has 0 amide bonds. The van der Waals surface area contributed by atoms with E-state index in [2.05, 4.69) is 40.0 Å². The van der Waals surface area contributed by atoms with E-state index < -0.39 is 0 Å². The lowest BCUT2D eigenvalue weighted by Gasteiger charge is -2.03. The van der Waals surface area contributed by atoms with Crippen LogP contribution < -0.4 is 5.73 Å². The van der Waals surface area contributed by atoms with Gasteiger partial charge in [-0.1, -0.05) is 25.1 Å². The highest BCUT2D eigenvalue weighted by atomic mass is 79.9. The van der Waals surface area contributed by atoms with Gasteiger partial charge in [0.25, 0.3) is 0 Å². The maximum atomic E-state index is 5.78. The molecule has 0 bridgehead atoms. The standard InChI is InChI=1S/C15H14BrN3S/c1-2-11-13(8-17)20-15(19-11)14-10(16)7-9-5-3-4-6-12(9)18-14/h3-7H,2,8,17H2,1H3. The van der Waals surface area contributed by atoms with E-state index >= 15 is 0 Å². The van der Waals surface area contributed by atoms with Crippen molar-refractivity contribution in [1.29, 1.82) is 0 Å². The van der Waals surface area contributed by atoms with E-state index in [9.17, 15) is 0 Å². The van der Waals surface area contributed by atoms with Gasteiger partial charge in [-0.2, -0.15) is 0 Å². The second kappa shape index (κ2) is 5.60. The lowest BCUT2D eigenvalue weighted by atomic mass is 10.2. The van der Waals surface area contributed by atoms with Crippen LogP contribution in [-0.2, 0) is 13.0 Å². The highest BCUT2D eigenvalue weighted by Crippen LogP contribution is 2.33. The van der Waals surface area contributed by atoms with Gasteiger partial charge in [0.05, 0.1) is 11.2 Å². The van der Waals surface area contributed by atoms with E-state index in [1.54, 1.807) is 11.3 Å². The molecule has 2 N–H and O–H groups in total. The fraction of sp³-hybridized carbons (Fsp3) is 0.200. The van der Waals surface area contributed by atoms with E-state index in [0.29, 0.717) is 6.54 Å². The van der Waals surface area contributed by atoms with Gasteiger partial charge >= 0.3 is 0 Å². The third-order valence-corrected chi connectivity index (χ3v) is 4.91. The maximum absolute atomic E-state index is 5.78. The Kier molecular flexibility index (Phi) is 3.83. The first-order valence-corrected chi connectivity index (χ1v) is 8.08. The zero-order chi connectivity index (χ0) is 14.1. The van der Waals surface area contributed by atoms with Crippen LogP contribution in [0.3, 0.4) is 0 Å². The van der Waals surface area contributed by atoms with Crippen LogP contribution >= 0.6 is 27.3 Å². The van der Waals surface area contributed by atoms with Crippen LogP contribution in [0.4, 0.5) is 0 Å². The number of rotatable bonds is 3. The summed E-state index contributed by atoms with van der Waals surface area (Å²) in [6.45, 7) is 2.63. The molecule has 0 aliphatic carbocycles. The number of halogens is 1. The number of nitrogens with two attached hydrogens (primary N) is 1. The van der Waals surface area contributed by atoms with Crippen molar-refractivity contribution in [2.24, 2.45) is 5.73 Å². The number of hydrogen-bond donors (Lipinski definition) is 1. The van der Waals surface area contributed by atoms with E-state index in [4.69, 9.17) is 10.7 Å². The molecule has 0 unspecified atom stereocenters. The third-order valence-electron chi connectivity index (χ3n) is 3.18. The molecule has 102 valence electrons. The van der Waals surface area contributed by atoms with Crippen LogP contribution in [0.2, 0.25) is 0 Å². The Hall–Kier alpha value is -1.30. The Bertz CT molecular complexity index is 745. The Balaban J connectivity index is 2.18. The molecule has 0 aliphatic rings. The van der Waals surface area contributed by atoms with E-state index in [1.165, 1.54) is 0 Å². The third kappa shape index (κ3) is 2.37. The molecule has 5 heteroatoms. The summed E-state index contributed by atoms with van der Waals surface area (Å²) in [4.78, 5) is 10.6. The van der Waals surface area contributed by atoms with Crippen LogP contribution in [0.5, 0.6) is 0 Å². The normalized spacial score (nSPS) is 11.2. The first-order valence-electron chi connectivity index (χ1n) is 6.47. The van der Waals surface area contributed by atoms with Gasteiger partial charge in [-0.05, 0) is 34.5 Å². The summed E-state index contributed by atoms with van der Waals surface area (Å²) in [5.74, 6) is 0. The highest BCUT2D eigenvalue weighted by molar-refractivity contribution is 9.10. The van der Waals surface area contributed by atoms with Gasteiger partial charge in [0.15, 0.2) is 0 Å². The van der Waals surface area contributed by atoms with Crippen molar-refractivity contribution in [1.82, 2.24) is 9.97 Å². The van der Waals surface area contributed by atoms with Crippen molar-refractivity contribution >= 4 is 38.2 Å². The molecule has 0 aliphatic heterocycles. The van der Waals surface area contributed by atoms with Crippen molar-refractivity contribution < 1.29 is 0 Å². The largest absolute Gasteiger partial charge is 0.326 e. The number of para-hydroxylation sites is 1. The molecule has 20 heavy (non-hydrogen) atoms. The molecule has 0 fully saturated rings. The smallest absolute Gasteiger partial charge is 0.143 e. The maximum Gasteiger partial charge on any atom is 0.143 e. The Labute approximate surface area is 130 Å². The average molecular weight is 348 g/mol. The quantitative estimate of drug-likeness (QED) is 0.774. The fourth-order valence-corrected chi connectivity index (χ4v) is 3.85. The number of hydrogen-bond acceptors (Lipinski definition) is 4. The molecule has 3 rings (SSSR count). The zero-order valence-corrected chi connectivity index (χ0v) is 13.5. The van der Waals surface area contributed by atoms with E-state index in [0.717, 1.165) is 43.1 Å². The second-order valence-electron chi connectivity index (χ2n) is 4.46. The number of nitrogens with zero attached hydrogens (tertiary/aromatic N) is 2. The number of pyridine rings is 1. The summed E-state index contributed by atoms with van der Waals surface area (Å²) in [5.41, 5.74) is 8.73. The molecule has 3 nitrogen and oxygen atoms in total. The fourth-order valence-electron chi connectivity index (χ4n) is 2.16. The lowest BCUT2D eigenvalue weighted by molar-refractivity contribution is 0.988.